The molecule has 0 spiro atoms. The molecule has 1 saturated heterocycles. The number of nitrogens with one attached hydrogen (secondary N) is 1. The van der Waals surface area contributed by atoms with Gasteiger partial charge in [-0.3, -0.25) is 14.5 Å². The number of nitrogens with zero attached hydrogens (tertiary/aromatic N) is 2. The molecule has 1 aromatic rings. The summed E-state index contributed by atoms with van der Waals surface area (Å²) in [5, 5.41) is 3.93. The molecule has 26 heavy (non-hydrogen) atoms. The van der Waals surface area contributed by atoms with Gasteiger partial charge in [0.15, 0.2) is 5.11 Å². The van der Waals surface area contributed by atoms with E-state index in [9.17, 15) is 9.59 Å². The van der Waals surface area contributed by atoms with Crippen molar-refractivity contribution in [3.63, 3.8) is 0 Å². The van der Waals surface area contributed by atoms with Crippen molar-refractivity contribution in [2.45, 2.75) is 51.5 Å². The fourth-order valence-corrected chi connectivity index (χ4v) is 3.47. The molecule has 1 fully saturated rings. The minimum Gasteiger partial charge on any atom is -0.336 e. The number of hydrogen-bond donors (Lipinski definition) is 1. The summed E-state index contributed by atoms with van der Waals surface area (Å²) < 4.78 is 0. The van der Waals surface area contributed by atoms with Gasteiger partial charge in [0.2, 0.25) is 5.91 Å². The number of likely N-dealkylation sites (N-methyl/N-ethyl adjacent to an activating group) is 1. The summed E-state index contributed by atoms with van der Waals surface area (Å²) in [6.45, 7) is 2.88. The Bertz CT molecular complexity index is 651. The SMILES string of the molecule is CCCCCCCN1C(=S)N(C)C(=O)C1CC(=O)Nc1ccc(Cl)cc1. The van der Waals surface area contributed by atoms with Gasteiger partial charge in [-0.1, -0.05) is 44.2 Å². The van der Waals surface area contributed by atoms with Crippen LogP contribution in [0.1, 0.15) is 45.4 Å². The van der Waals surface area contributed by atoms with Crippen molar-refractivity contribution in [3.05, 3.63) is 29.3 Å². The van der Waals surface area contributed by atoms with Gasteiger partial charge < -0.3 is 10.2 Å². The second-order valence-electron chi connectivity index (χ2n) is 6.56. The van der Waals surface area contributed by atoms with E-state index in [1.807, 2.05) is 4.90 Å². The first-order chi connectivity index (χ1) is 12.4. The lowest BCUT2D eigenvalue weighted by molar-refractivity contribution is -0.130. The molecule has 1 aliphatic rings. The highest BCUT2D eigenvalue weighted by molar-refractivity contribution is 7.80. The molecule has 142 valence electrons. The molecule has 1 unspecified atom stereocenters. The van der Waals surface area contributed by atoms with Crippen LogP contribution in [0, 0.1) is 0 Å². The molecule has 1 aliphatic heterocycles. The van der Waals surface area contributed by atoms with Crippen LogP contribution in [-0.4, -0.2) is 46.4 Å². The third kappa shape index (κ3) is 5.42. The van der Waals surface area contributed by atoms with Crippen LogP contribution in [-0.2, 0) is 9.59 Å². The summed E-state index contributed by atoms with van der Waals surface area (Å²) in [4.78, 5) is 28.2. The van der Waals surface area contributed by atoms with Gasteiger partial charge in [-0.2, -0.15) is 0 Å². The van der Waals surface area contributed by atoms with Gasteiger partial charge in [0, 0.05) is 24.3 Å². The van der Waals surface area contributed by atoms with Gasteiger partial charge in [-0.05, 0) is 42.9 Å². The first-order valence-electron chi connectivity index (χ1n) is 9.07. The van der Waals surface area contributed by atoms with Crippen molar-refractivity contribution in [2.24, 2.45) is 0 Å². The zero-order valence-electron chi connectivity index (χ0n) is 15.3. The maximum absolute atomic E-state index is 12.5. The van der Waals surface area contributed by atoms with Gasteiger partial charge in [0.1, 0.15) is 6.04 Å². The molecule has 5 nitrogen and oxygen atoms in total. The quantitative estimate of drug-likeness (QED) is 0.506. The lowest BCUT2D eigenvalue weighted by Crippen LogP contribution is -2.38. The Morgan fingerprint density at radius 3 is 2.50 bits per heavy atom. The molecule has 7 heteroatoms. The molecule has 0 bridgehead atoms. The smallest absolute Gasteiger partial charge is 0.251 e. The highest BCUT2D eigenvalue weighted by atomic mass is 35.5. The van der Waals surface area contributed by atoms with E-state index < -0.39 is 6.04 Å². The van der Waals surface area contributed by atoms with E-state index in [1.54, 1.807) is 31.3 Å². The molecule has 0 radical (unpaired) electrons. The number of benzene rings is 1. The number of carbonyl (C=O) groups excluding carboxylic acids is 2. The third-order valence-electron chi connectivity index (χ3n) is 4.53. The summed E-state index contributed by atoms with van der Waals surface area (Å²) in [7, 11) is 1.67. The van der Waals surface area contributed by atoms with Crippen LogP contribution >= 0.6 is 23.8 Å². The number of carbonyl (C=O) groups is 2. The van der Waals surface area contributed by atoms with Gasteiger partial charge in [-0.15, -0.1) is 0 Å². The molecule has 1 atom stereocenters. The van der Waals surface area contributed by atoms with Crippen LogP contribution in [0.5, 0.6) is 0 Å². The second kappa shape index (κ2) is 9.88. The van der Waals surface area contributed by atoms with Crippen molar-refractivity contribution < 1.29 is 9.59 Å². The first kappa shape index (κ1) is 20.6. The van der Waals surface area contributed by atoms with Crippen molar-refractivity contribution in [2.75, 3.05) is 18.9 Å². The zero-order chi connectivity index (χ0) is 19.1. The Labute approximate surface area is 165 Å². The Hall–Kier alpha value is -1.66. The van der Waals surface area contributed by atoms with Gasteiger partial charge in [0.25, 0.3) is 5.91 Å². The Balaban J connectivity index is 1.94. The summed E-state index contributed by atoms with van der Waals surface area (Å²) in [5.74, 6) is -0.324. The fraction of sp³-hybridized carbons (Fsp3) is 0.526. The van der Waals surface area contributed by atoms with Gasteiger partial charge >= 0.3 is 0 Å². The molecule has 1 N–H and O–H groups in total. The minimum atomic E-state index is -0.522. The molecule has 0 aromatic heterocycles. The van der Waals surface area contributed by atoms with E-state index in [0.717, 1.165) is 12.8 Å². The van der Waals surface area contributed by atoms with Crippen LogP contribution < -0.4 is 5.32 Å². The number of rotatable bonds is 9. The fourth-order valence-electron chi connectivity index (χ4n) is 3.03. The van der Waals surface area contributed by atoms with E-state index in [-0.39, 0.29) is 18.2 Å². The molecule has 2 rings (SSSR count). The Morgan fingerprint density at radius 2 is 1.85 bits per heavy atom. The standard InChI is InChI=1S/C19H26ClN3O2S/c1-3-4-5-6-7-12-23-16(18(25)22(2)19(23)26)13-17(24)21-15-10-8-14(20)9-11-15/h8-11,16H,3-7,12-13H2,1-2H3,(H,21,24). The van der Waals surface area contributed by atoms with Gasteiger partial charge in [-0.25, -0.2) is 0 Å². The predicted octanol–water partition coefficient (Wildman–Crippen LogP) is 4.07. The van der Waals surface area contributed by atoms with E-state index in [2.05, 4.69) is 12.2 Å². The highest BCUT2D eigenvalue weighted by Crippen LogP contribution is 2.21. The topological polar surface area (TPSA) is 52.7 Å². The van der Waals surface area contributed by atoms with Crippen LogP contribution in [0.15, 0.2) is 24.3 Å². The molecule has 1 aromatic carbocycles. The maximum atomic E-state index is 12.5. The van der Waals surface area contributed by atoms with E-state index in [4.69, 9.17) is 23.8 Å². The number of hydrogen-bond acceptors (Lipinski definition) is 3. The van der Waals surface area contributed by atoms with E-state index in [0.29, 0.717) is 22.4 Å². The second-order valence-corrected chi connectivity index (χ2v) is 7.36. The molecular weight excluding hydrogens is 370 g/mol. The number of thiocarbonyl (C=S) groups is 1. The number of anilines is 1. The van der Waals surface area contributed by atoms with Gasteiger partial charge in [0.05, 0.1) is 6.42 Å². The third-order valence-corrected chi connectivity index (χ3v) is 5.29. The number of halogens is 1. The summed E-state index contributed by atoms with van der Waals surface area (Å²) in [5.41, 5.74) is 0.659. The predicted molar refractivity (Wildman–Crippen MR) is 109 cm³/mol. The average Bonchev–Trinajstić information content (AvgIpc) is 2.81. The van der Waals surface area contributed by atoms with Crippen LogP contribution in [0.25, 0.3) is 0 Å². The van der Waals surface area contributed by atoms with E-state index in [1.165, 1.54) is 24.2 Å². The van der Waals surface area contributed by atoms with Crippen LogP contribution in [0.2, 0.25) is 5.02 Å². The summed E-state index contributed by atoms with van der Waals surface area (Å²) in [6.07, 6.45) is 5.75. The minimum absolute atomic E-state index is 0.0842. The Kier molecular flexibility index (Phi) is 7.85. The number of amides is 2. The molecule has 0 saturated carbocycles. The summed E-state index contributed by atoms with van der Waals surface area (Å²) >= 11 is 11.3. The zero-order valence-corrected chi connectivity index (χ0v) is 16.9. The lowest BCUT2D eigenvalue weighted by Gasteiger charge is -2.23. The highest BCUT2D eigenvalue weighted by Gasteiger charge is 2.40. The normalized spacial score (nSPS) is 17.1. The Morgan fingerprint density at radius 1 is 1.19 bits per heavy atom. The monoisotopic (exact) mass is 395 g/mol. The van der Waals surface area contributed by atoms with Crippen molar-refractivity contribution >= 4 is 46.4 Å². The van der Waals surface area contributed by atoms with E-state index >= 15 is 0 Å². The average molecular weight is 396 g/mol. The largest absolute Gasteiger partial charge is 0.336 e. The van der Waals surface area contributed by atoms with Crippen LogP contribution in [0.4, 0.5) is 5.69 Å². The maximum Gasteiger partial charge on any atom is 0.251 e. The lowest BCUT2D eigenvalue weighted by atomic mass is 10.1. The molecule has 0 aliphatic carbocycles. The van der Waals surface area contributed by atoms with Crippen molar-refractivity contribution in [1.82, 2.24) is 9.80 Å². The van der Waals surface area contributed by atoms with Crippen molar-refractivity contribution in [1.29, 1.82) is 0 Å². The molecular formula is C19H26ClN3O2S. The van der Waals surface area contributed by atoms with Crippen molar-refractivity contribution in [3.8, 4) is 0 Å². The van der Waals surface area contributed by atoms with Crippen LogP contribution in [0.3, 0.4) is 0 Å². The molecule has 1 heterocycles. The number of unbranched alkanes of at least 4 members (excludes halogenated alkanes) is 4. The molecule has 2 amide bonds. The first-order valence-corrected chi connectivity index (χ1v) is 9.86. The summed E-state index contributed by atoms with van der Waals surface area (Å²) in [6, 6.07) is 6.37.